The maximum absolute atomic E-state index is 9.47. The number of aromatic hydroxyl groups is 1. The molecule has 1 aliphatic rings. The lowest BCUT2D eigenvalue weighted by molar-refractivity contribution is 0.236. The monoisotopic (exact) mass is 287 g/mol. The van der Waals surface area contributed by atoms with Crippen molar-refractivity contribution in [1.29, 1.82) is 0 Å². The minimum absolute atomic E-state index is 0.143. The van der Waals surface area contributed by atoms with Gasteiger partial charge in [-0.3, -0.25) is 4.90 Å². The van der Waals surface area contributed by atoms with E-state index in [1.165, 1.54) is 17.5 Å². The molecule has 0 radical (unpaired) electrons. The molecule has 1 atom stereocenters. The number of nitrogens with zero attached hydrogens (tertiary/aromatic N) is 1. The summed E-state index contributed by atoms with van der Waals surface area (Å²) in [5.41, 5.74) is 4.03. The molecule has 0 saturated carbocycles. The SMILES string of the molecule is CN(Cc1ccc(O)c(Cl)c1)C1CCc2ccccc21. The van der Waals surface area contributed by atoms with Crippen molar-refractivity contribution in [2.24, 2.45) is 0 Å². The van der Waals surface area contributed by atoms with Gasteiger partial charge in [-0.05, 0) is 48.7 Å². The smallest absolute Gasteiger partial charge is 0.134 e. The third-order valence-corrected chi connectivity index (χ3v) is 4.38. The molecule has 0 amide bonds. The Labute approximate surface area is 124 Å². The van der Waals surface area contributed by atoms with Crippen molar-refractivity contribution in [3.63, 3.8) is 0 Å². The van der Waals surface area contributed by atoms with Crippen LogP contribution in [-0.4, -0.2) is 17.1 Å². The second-order valence-corrected chi connectivity index (χ2v) is 5.86. The average Bonchev–Trinajstić information content (AvgIpc) is 2.87. The summed E-state index contributed by atoms with van der Waals surface area (Å²) in [4.78, 5) is 2.36. The zero-order chi connectivity index (χ0) is 14.1. The molecule has 0 heterocycles. The molecule has 0 saturated heterocycles. The Morgan fingerprint density at radius 1 is 1.25 bits per heavy atom. The summed E-state index contributed by atoms with van der Waals surface area (Å²) in [5.74, 6) is 0.143. The summed E-state index contributed by atoms with van der Waals surface area (Å²) in [6, 6.07) is 14.6. The minimum Gasteiger partial charge on any atom is -0.506 e. The van der Waals surface area contributed by atoms with E-state index in [9.17, 15) is 5.11 Å². The fourth-order valence-electron chi connectivity index (χ4n) is 3.04. The van der Waals surface area contributed by atoms with Crippen LogP contribution in [0.2, 0.25) is 5.02 Å². The van der Waals surface area contributed by atoms with Gasteiger partial charge in [0.25, 0.3) is 0 Å². The Kier molecular flexibility index (Phi) is 3.68. The summed E-state index contributed by atoms with van der Waals surface area (Å²) < 4.78 is 0. The van der Waals surface area contributed by atoms with Crippen LogP contribution >= 0.6 is 11.6 Å². The van der Waals surface area contributed by atoms with Crippen molar-refractivity contribution >= 4 is 11.6 Å². The lowest BCUT2D eigenvalue weighted by Crippen LogP contribution is -2.22. The van der Waals surface area contributed by atoms with Gasteiger partial charge in [0.15, 0.2) is 0 Å². The van der Waals surface area contributed by atoms with Gasteiger partial charge in [-0.25, -0.2) is 0 Å². The van der Waals surface area contributed by atoms with E-state index in [1.54, 1.807) is 6.07 Å². The van der Waals surface area contributed by atoms with E-state index in [-0.39, 0.29) is 5.75 Å². The first-order valence-corrected chi connectivity index (χ1v) is 7.28. The van der Waals surface area contributed by atoms with E-state index in [1.807, 2.05) is 12.1 Å². The first-order chi connectivity index (χ1) is 9.65. The number of aryl methyl sites for hydroxylation is 1. The Hall–Kier alpha value is -1.51. The molecule has 0 aromatic heterocycles. The van der Waals surface area contributed by atoms with Crippen molar-refractivity contribution in [2.45, 2.75) is 25.4 Å². The fourth-order valence-corrected chi connectivity index (χ4v) is 3.24. The van der Waals surface area contributed by atoms with Gasteiger partial charge >= 0.3 is 0 Å². The Morgan fingerprint density at radius 3 is 2.85 bits per heavy atom. The fraction of sp³-hybridized carbons (Fsp3) is 0.294. The topological polar surface area (TPSA) is 23.5 Å². The van der Waals surface area contributed by atoms with Crippen molar-refractivity contribution in [1.82, 2.24) is 4.90 Å². The van der Waals surface area contributed by atoms with Crippen LogP contribution in [0.25, 0.3) is 0 Å². The number of fused-ring (bicyclic) bond motifs is 1. The van der Waals surface area contributed by atoms with Crippen molar-refractivity contribution in [2.75, 3.05) is 7.05 Å². The summed E-state index contributed by atoms with van der Waals surface area (Å²) in [6.45, 7) is 0.832. The molecule has 2 aromatic rings. The highest BCUT2D eigenvalue weighted by atomic mass is 35.5. The molecule has 0 fully saturated rings. The minimum atomic E-state index is 0.143. The Morgan fingerprint density at radius 2 is 2.05 bits per heavy atom. The number of hydrogen-bond acceptors (Lipinski definition) is 2. The van der Waals surface area contributed by atoms with Crippen molar-refractivity contribution in [3.8, 4) is 5.75 Å². The lowest BCUT2D eigenvalue weighted by atomic mass is 10.1. The maximum Gasteiger partial charge on any atom is 0.134 e. The lowest BCUT2D eigenvalue weighted by Gasteiger charge is -2.25. The van der Waals surface area contributed by atoms with Gasteiger partial charge in [0, 0.05) is 12.6 Å². The Balaban J connectivity index is 1.77. The van der Waals surface area contributed by atoms with E-state index >= 15 is 0 Å². The van der Waals surface area contributed by atoms with Crippen LogP contribution in [0, 0.1) is 0 Å². The van der Waals surface area contributed by atoms with Crippen LogP contribution in [0.4, 0.5) is 0 Å². The number of halogens is 1. The summed E-state index contributed by atoms with van der Waals surface area (Å²) >= 11 is 5.97. The quantitative estimate of drug-likeness (QED) is 0.916. The molecule has 3 heteroatoms. The van der Waals surface area contributed by atoms with Gasteiger partial charge in [-0.15, -0.1) is 0 Å². The van der Waals surface area contributed by atoms with E-state index < -0.39 is 0 Å². The molecule has 0 spiro atoms. The number of phenolic OH excluding ortho intramolecular Hbond substituents is 1. The van der Waals surface area contributed by atoms with Gasteiger partial charge in [0.2, 0.25) is 0 Å². The van der Waals surface area contributed by atoms with Crippen LogP contribution < -0.4 is 0 Å². The van der Waals surface area contributed by atoms with Gasteiger partial charge in [-0.2, -0.15) is 0 Å². The molecular formula is C17H18ClNO. The third kappa shape index (κ3) is 2.54. The van der Waals surface area contributed by atoms with E-state index in [4.69, 9.17) is 11.6 Å². The van der Waals surface area contributed by atoms with Crippen molar-refractivity contribution in [3.05, 3.63) is 64.2 Å². The first-order valence-electron chi connectivity index (χ1n) is 6.90. The normalized spacial score (nSPS) is 17.4. The van der Waals surface area contributed by atoms with Crippen LogP contribution in [-0.2, 0) is 13.0 Å². The second-order valence-electron chi connectivity index (χ2n) is 5.45. The van der Waals surface area contributed by atoms with Crippen LogP contribution in [0.1, 0.15) is 29.2 Å². The standard InChI is InChI=1S/C17H18ClNO/c1-19(11-12-6-9-17(20)15(18)10-12)16-8-7-13-4-2-3-5-14(13)16/h2-6,9-10,16,20H,7-8,11H2,1H3. The van der Waals surface area contributed by atoms with Gasteiger partial charge in [0.05, 0.1) is 5.02 Å². The molecule has 2 aromatic carbocycles. The van der Waals surface area contributed by atoms with Gasteiger partial charge in [0.1, 0.15) is 5.75 Å². The number of phenols is 1. The summed E-state index contributed by atoms with van der Waals surface area (Å²) in [7, 11) is 2.15. The Bertz CT molecular complexity index is 626. The zero-order valence-electron chi connectivity index (χ0n) is 11.5. The highest BCUT2D eigenvalue weighted by molar-refractivity contribution is 6.32. The molecule has 1 unspecified atom stereocenters. The summed E-state index contributed by atoms with van der Waals surface area (Å²) in [6.07, 6.45) is 2.32. The number of hydrogen-bond donors (Lipinski definition) is 1. The van der Waals surface area contributed by atoms with E-state index in [0.29, 0.717) is 11.1 Å². The number of rotatable bonds is 3. The highest BCUT2D eigenvalue weighted by Crippen LogP contribution is 2.35. The maximum atomic E-state index is 9.47. The molecule has 104 valence electrons. The molecule has 0 bridgehead atoms. The molecule has 1 N–H and O–H groups in total. The number of benzene rings is 2. The predicted molar refractivity (Wildman–Crippen MR) is 82.1 cm³/mol. The van der Waals surface area contributed by atoms with Crippen molar-refractivity contribution < 1.29 is 5.11 Å². The largest absolute Gasteiger partial charge is 0.506 e. The van der Waals surface area contributed by atoms with Gasteiger partial charge in [-0.1, -0.05) is 41.9 Å². The second kappa shape index (κ2) is 5.47. The predicted octanol–water partition coefficient (Wildman–Crippen LogP) is 4.16. The molecule has 20 heavy (non-hydrogen) atoms. The van der Waals surface area contributed by atoms with Crippen LogP contribution in [0.3, 0.4) is 0 Å². The third-order valence-electron chi connectivity index (χ3n) is 4.08. The molecule has 1 aliphatic carbocycles. The first kappa shape index (κ1) is 13.5. The molecule has 0 aliphatic heterocycles. The molecular weight excluding hydrogens is 270 g/mol. The van der Waals surface area contributed by atoms with Crippen LogP contribution in [0.15, 0.2) is 42.5 Å². The molecule has 3 rings (SSSR count). The molecule has 2 nitrogen and oxygen atoms in total. The van der Waals surface area contributed by atoms with E-state index in [0.717, 1.165) is 18.5 Å². The highest BCUT2D eigenvalue weighted by Gasteiger charge is 2.25. The van der Waals surface area contributed by atoms with Gasteiger partial charge < -0.3 is 5.11 Å². The summed E-state index contributed by atoms with van der Waals surface area (Å²) in [5, 5.41) is 9.89. The van der Waals surface area contributed by atoms with E-state index in [2.05, 4.69) is 36.2 Å². The average molecular weight is 288 g/mol. The van der Waals surface area contributed by atoms with Crippen LogP contribution in [0.5, 0.6) is 5.75 Å². The zero-order valence-corrected chi connectivity index (χ0v) is 12.3.